The summed E-state index contributed by atoms with van der Waals surface area (Å²) in [6.45, 7) is 1.66. The summed E-state index contributed by atoms with van der Waals surface area (Å²) in [6, 6.07) is 13.1. The molecule has 0 spiro atoms. The summed E-state index contributed by atoms with van der Waals surface area (Å²) in [6.07, 6.45) is 1.60. The van der Waals surface area contributed by atoms with Crippen molar-refractivity contribution in [3.63, 3.8) is 0 Å². The maximum absolute atomic E-state index is 12.3. The average molecular weight is 395 g/mol. The predicted molar refractivity (Wildman–Crippen MR) is 106 cm³/mol. The van der Waals surface area contributed by atoms with Crippen molar-refractivity contribution in [3.8, 4) is 22.6 Å². The molecule has 0 unspecified atom stereocenters. The van der Waals surface area contributed by atoms with Gasteiger partial charge in [-0.25, -0.2) is 14.8 Å². The second kappa shape index (κ2) is 6.04. The number of fused-ring (bicyclic) bond motifs is 3. The van der Waals surface area contributed by atoms with Crippen LogP contribution in [0.5, 0.6) is 0 Å². The van der Waals surface area contributed by atoms with E-state index in [2.05, 4.69) is 4.98 Å². The van der Waals surface area contributed by atoms with Crippen LogP contribution in [0.1, 0.15) is 5.89 Å². The summed E-state index contributed by atoms with van der Waals surface area (Å²) < 4.78 is 11.1. The molecule has 5 aromatic rings. The van der Waals surface area contributed by atoms with Gasteiger partial charge in [-0.1, -0.05) is 23.7 Å². The number of hydrogen-bond acceptors (Lipinski definition) is 6. The van der Waals surface area contributed by atoms with Gasteiger partial charge < -0.3 is 8.83 Å². The van der Waals surface area contributed by atoms with E-state index in [-0.39, 0.29) is 0 Å². The molecule has 0 atom stereocenters. The molecular weight excluding hydrogens is 384 g/mol. The van der Waals surface area contributed by atoms with E-state index in [0.29, 0.717) is 37.4 Å². The van der Waals surface area contributed by atoms with Crippen LogP contribution < -0.4 is 5.63 Å². The topological polar surface area (TPSA) is 69.1 Å². The van der Waals surface area contributed by atoms with Crippen LogP contribution in [0, 0.1) is 6.92 Å². The van der Waals surface area contributed by atoms with Crippen molar-refractivity contribution in [3.05, 3.63) is 70.1 Å². The van der Waals surface area contributed by atoms with Crippen molar-refractivity contribution >= 4 is 43.4 Å². The molecule has 0 amide bonds. The van der Waals surface area contributed by atoms with E-state index < -0.39 is 5.63 Å². The number of nitrogens with zero attached hydrogens (tertiary/aromatic N) is 2. The number of furan rings is 1. The third kappa shape index (κ3) is 2.65. The number of hydrogen-bond donors (Lipinski definition) is 0. The summed E-state index contributed by atoms with van der Waals surface area (Å²) in [5, 5.41) is 1.48. The molecule has 0 radical (unpaired) electrons. The van der Waals surface area contributed by atoms with Crippen LogP contribution in [0.3, 0.4) is 0 Å². The summed E-state index contributed by atoms with van der Waals surface area (Å²) in [4.78, 5) is 22.2. The van der Waals surface area contributed by atoms with E-state index in [0.717, 1.165) is 16.5 Å². The molecule has 0 aliphatic rings. The fourth-order valence-corrected chi connectivity index (χ4v) is 4.24. The Balaban J connectivity index is 1.94. The summed E-state index contributed by atoms with van der Waals surface area (Å²) in [7, 11) is 0. The highest BCUT2D eigenvalue weighted by atomic mass is 35.5. The van der Waals surface area contributed by atoms with Gasteiger partial charge in [0, 0.05) is 17.3 Å². The quantitative estimate of drug-likeness (QED) is 0.385. The Morgan fingerprint density at radius 1 is 1.11 bits per heavy atom. The lowest BCUT2D eigenvalue weighted by atomic mass is 10.0. The number of pyridine rings is 1. The highest BCUT2D eigenvalue weighted by molar-refractivity contribution is 7.25. The highest BCUT2D eigenvalue weighted by Gasteiger charge is 2.19. The van der Waals surface area contributed by atoms with Gasteiger partial charge in [0.25, 0.3) is 0 Å². The Bertz CT molecular complexity index is 1350. The molecule has 0 bridgehead atoms. The van der Waals surface area contributed by atoms with Crippen molar-refractivity contribution in [2.75, 3.05) is 0 Å². The Morgan fingerprint density at radius 2 is 1.93 bits per heavy atom. The minimum atomic E-state index is -0.401. The zero-order valence-corrected chi connectivity index (χ0v) is 15.6. The predicted octanol–water partition coefficient (Wildman–Crippen LogP) is 5.69. The normalized spacial score (nSPS) is 11.5. The van der Waals surface area contributed by atoms with E-state index >= 15 is 0 Å². The molecule has 5 rings (SSSR count). The molecule has 4 aromatic heterocycles. The zero-order chi connectivity index (χ0) is 18.5. The first-order chi connectivity index (χ1) is 13.1. The van der Waals surface area contributed by atoms with Crippen LogP contribution in [0.4, 0.5) is 0 Å². The first-order valence-corrected chi connectivity index (χ1v) is 9.34. The first-order valence-electron chi connectivity index (χ1n) is 8.15. The van der Waals surface area contributed by atoms with Crippen molar-refractivity contribution in [1.29, 1.82) is 0 Å². The molecule has 27 heavy (non-hydrogen) atoms. The minimum Gasteiger partial charge on any atom is -0.463 e. The van der Waals surface area contributed by atoms with E-state index in [1.54, 1.807) is 13.2 Å². The van der Waals surface area contributed by atoms with E-state index in [9.17, 15) is 4.79 Å². The molecule has 5 nitrogen and oxygen atoms in total. The van der Waals surface area contributed by atoms with Crippen molar-refractivity contribution < 1.29 is 8.83 Å². The third-order valence-corrected chi connectivity index (χ3v) is 5.57. The molecule has 0 fully saturated rings. The smallest absolute Gasteiger partial charge is 0.357 e. The second-order valence-corrected chi connectivity index (χ2v) is 7.46. The second-order valence-electron chi connectivity index (χ2n) is 6.02. The summed E-state index contributed by atoms with van der Waals surface area (Å²) in [5.41, 5.74) is 2.75. The average Bonchev–Trinajstić information content (AvgIpc) is 3.30. The summed E-state index contributed by atoms with van der Waals surface area (Å²) in [5.74, 6) is 0.977. The van der Waals surface area contributed by atoms with Crippen LogP contribution in [0.25, 0.3) is 43.0 Å². The van der Waals surface area contributed by atoms with Crippen LogP contribution in [0.15, 0.2) is 62.4 Å². The SMILES string of the molecule is Cc1nc2c(sc3nc(-c4ccco4)cc(-c4ccc(Cl)cc4)c32)c(=O)o1. The van der Waals surface area contributed by atoms with Gasteiger partial charge in [0.1, 0.15) is 20.7 Å². The van der Waals surface area contributed by atoms with Crippen LogP contribution >= 0.6 is 22.9 Å². The van der Waals surface area contributed by atoms with E-state index in [1.807, 2.05) is 42.5 Å². The lowest BCUT2D eigenvalue weighted by molar-refractivity contribution is 0.468. The number of aryl methyl sites for hydroxylation is 1. The minimum absolute atomic E-state index is 0.323. The molecule has 4 heterocycles. The van der Waals surface area contributed by atoms with Crippen molar-refractivity contribution in [1.82, 2.24) is 9.97 Å². The maximum Gasteiger partial charge on any atom is 0.357 e. The number of thiophene rings is 1. The fraction of sp³-hybridized carbons (Fsp3) is 0.0500. The standard InChI is InChI=1S/C20H11ClN2O3S/c1-10-22-17-16-13(11-4-6-12(21)7-5-11)9-14(15-3-2-8-25-15)23-19(16)27-18(17)20(24)26-10/h2-9H,1H3. The molecular formula is C20H11ClN2O3S. The van der Waals surface area contributed by atoms with Gasteiger partial charge in [-0.15, -0.1) is 11.3 Å². The number of aromatic nitrogens is 2. The Hall–Kier alpha value is -2.96. The number of halogens is 1. The van der Waals surface area contributed by atoms with Crippen LogP contribution in [-0.4, -0.2) is 9.97 Å². The zero-order valence-electron chi connectivity index (χ0n) is 14.0. The third-order valence-electron chi connectivity index (χ3n) is 4.26. The number of rotatable bonds is 2. The van der Waals surface area contributed by atoms with Crippen LogP contribution in [-0.2, 0) is 0 Å². The molecule has 1 aromatic carbocycles. The van der Waals surface area contributed by atoms with Crippen molar-refractivity contribution in [2.45, 2.75) is 6.92 Å². The van der Waals surface area contributed by atoms with Gasteiger partial charge in [-0.2, -0.15) is 0 Å². The van der Waals surface area contributed by atoms with Crippen LogP contribution in [0.2, 0.25) is 5.02 Å². The van der Waals surface area contributed by atoms with Gasteiger partial charge in [-0.3, -0.25) is 0 Å². The molecule has 0 aliphatic heterocycles. The molecule has 7 heteroatoms. The van der Waals surface area contributed by atoms with Gasteiger partial charge in [0.2, 0.25) is 0 Å². The van der Waals surface area contributed by atoms with Gasteiger partial charge in [0.15, 0.2) is 11.7 Å². The molecule has 0 saturated heterocycles. The lowest BCUT2D eigenvalue weighted by Gasteiger charge is -2.07. The highest BCUT2D eigenvalue weighted by Crippen LogP contribution is 2.39. The lowest BCUT2D eigenvalue weighted by Crippen LogP contribution is -2.00. The summed E-state index contributed by atoms with van der Waals surface area (Å²) >= 11 is 7.33. The fourth-order valence-electron chi connectivity index (χ4n) is 3.10. The van der Waals surface area contributed by atoms with Gasteiger partial charge in [-0.05, 0) is 41.5 Å². The van der Waals surface area contributed by atoms with Crippen molar-refractivity contribution in [2.24, 2.45) is 0 Å². The molecule has 0 saturated carbocycles. The van der Waals surface area contributed by atoms with E-state index in [1.165, 1.54) is 11.3 Å². The molecule has 0 aliphatic carbocycles. The largest absolute Gasteiger partial charge is 0.463 e. The Morgan fingerprint density at radius 3 is 2.67 bits per heavy atom. The Kier molecular flexibility index (Phi) is 3.63. The van der Waals surface area contributed by atoms with Gasteiger partial charge >= 0.3 is 5.63 Å². The maximum atomic E-state index is 12.3. The number of benzene rings is 1. The molecule has 0 N–H and O–H groups in total. The van der Waals surface area contributed by atoms with Gasteiger partial charge in [0.05, 0.1) is 6.26 Å². The Labute approximate surface area is 161 Å². The monoisotopic (exact) mass is 394 g/mol. The molecule has 132 valence electrons. The first kappa shape index (κ1) is 16.2. The van der Waals surface area contributed by atoms with E-state index in [4.69, 9.17) is 25.4 Å².